The van der Waals surface area contributed by atoms with Gasteiger partial charge in [0, 0.05) is 11.3 Å². The topological polar surface area (TPSA) is 66.2 Å². The number of hydrogen-bond donors (Lipinski definition) is 1. The van der Waals surface area contributed by atoms with Crippen molar-refractivity contribution in [3.8, 4) is 0 Å². The minimum atomic E-state index is -1.21. The summed E-state index contributed by atoms with van der Waals surface area (Å²) in [5.41, 5.74) is 7.95. The average molecular weight is 240 g/mol. The maximum atomic E-state index is 11.1. The van der Waals surface area contributed by atoms with E-state index in [0.717, 1.165) is 12.0 Å². The lowest BCUT2D eigenvalue weighted by molar-refractivity contribution is -0.255. The van der Waals surface area contributed by atoms with E-state index in [0.29, 0.717) is 6.42 Å². The van der Waals surface area contributed by atoms with Crippen LogP contribution in [0.4, 0.5) is 5.69 Å². The highest BCUT2D eigenvalue weighted by molar-refractivity contribution is 5.93. The van der Waals surface area contributed by atoms with Crippen molar-refractivity contribution in [2.45, 2.75) is 12.8 Å². The first-order valence-electron chi connectivity index (χ1n) is 5.81. The van der Waals surface area contributed by atoms with E-state index in [9.17, 15) is 9.90 Å². The van der Waals surface area contributed by atoms with Gasteiger partial charge in [-0.15, -0.1) is 0 Å². The Morgan fingerprint density at radius 2 is 1.72 bits per heavy atom. The van der Waals surface area contributed by atoms with Crippen molar-refractivity contribution in [2.24, 2.45) is 0 Å². The Morgan fingerprint density at radius 1 is 1.00 bits per heavy atom. The molecule has 3 nitrogen and oxygen atoms in total. The largest absolute Gasteiger partial charge is 0.545 e. The molecule has 0 fully saturated rings. The second kappa shape index (κ2) is 5.36. The molecule has 0 saturated carbocycles. The third kappa shape index (κ3) is 2.69. The second-order valence-electron chi connectivity index (χ2n) is 4.15. The van der Waals surface area contributed by atoms with Crippen molar-refractivity contribution >= 4 is 11.7 Å². The number of carboxylic acids is 1. The van der Waals surface area contributed by atoms with Crippen LogP contribution in [0.1, 0.15) is 21.5 Å². The molecule has 0 unspecified atom stereocenters. The van der Waals surface area contributed by atoms with Gasteiger partial charge in [-0.2, -0.15) is 0 Å². The molecule has 2 aromatic carbocycles. The van der Waals surface area contributed by atoms with Crippen molar-refractivity contribution in [3.05, 3.63) is 65.2 Å². The molecule has 2 rings (SSSR count). The molecule has 0 aliphatic rings. The molecule has 0 amide bonds. The Balaban J connectivity index is 2.20. The summed E-state index contributed by atoms with van der Waals surface area (Å²) in [7, 11) is 0. The Hall–Kier alpha value is -2.29. The molecule has 0 saturated heterocycles. The molecule has 0 spiro atoms. The van der Waals surface area contributed by atoms with Crippen molar-refractivity contribution < 1.29 is 9.90 Å². The SMILES string of the molecule is Nc1cccc(CCc2ccccc2)c1C(=O)[O-]. The predicted molar refractivity (Wildman–Crippen MR) is 69.0 cm³/mol. The highest BCUT2D eigenvalue weighted by atomic mass is 16.4. The third-order valence-corrected chi connectivity index (χ3v) is 2.91. The number of carboxylic acid groups (broad SMARTS) is 1. The van der Waals surface area contributed by atoms with Crippen LogP contribution in [-0.4, -0.2) is 5.97 Å². The van der Waals surface area contributed by atoms with Crippen LogP contribution in [0.15, 0.2) is 48.5 Å². The van der Waals surface area contributed by atoms with E-state index < -0.39 is 5.97 Å². The first-order chi connectivity index (χ1) is 8.68. The van der Waals surface area contributed by atoms with Crippen LogP contribution in [0.3, 0.4) is 0 Å². The summed E-state index contributed by atoms with van der Waals surface area (Å²) in [5, 5.41) is 11.1. The van der Waals surface area contributed by atoms with Crippen LogP contribution < -0.4 is 10.8 Å². The molecule has 0 aromatic heterocycles. The normalized spacial score (nSPS) is 10.2. The fraction of sp³-hybridized carbons (Fsp3) is 0.133. The van der Waals surface area contributed by atoms with Gasteiger partial charge in [0.05, 0.1) is 5.97 Å². The molecule has 2 N–H and O–H groups in total. The van der Waals surface area contributed by atoms with E-state index in [4.69, 9.17) is 5.73 Å². The van der Waals surface area contributed by atoms with Gasteiger partial charge in [0.15, 0.2) is 0 Å². The highest BCUT2D eigenvalue weighted by Crippen LogP contribution is 2.18. The molecular formula is C15H14NO2-. The van der Waals surface area contributed by atoms with Gasteiger partial charge in [-0.05, 0) is 30.0 Å². The van der Waals surface area contributed by atoms with Crippen molar-refractivity contribution in [1.29, 1.82) is 0 Å². The first-order valence-corrected chi connectivity index (χ1v) is 5.81. The molecule has 0 aliphatic heterocycles. The summed E-state index contributed by atoms with van der Waals surface area (Å²) in [4.78, 5) is 11.1. The minimum absolute atomic E-state index is 0.119. The standard InChI is InChI=1S/C15H15NO2/c16-13-8-4-7-12(14(13)15(17)18)10-9-11-5-2-1-3-6-11/h1-8H,9-10,16H2,(H,17,18)/p-1. The fourth-order valence-corrected chi connectivity index (χ4v) is 2.00. The molecule has 0 bridgehead atoms. The zero-order valence-electron chi connectivity index (χ0n) is 9.93. The average Bonchev–Trinajstić information content (AvgIpc) is 2.37. The van der Waals surface area contributed by atoms with Gasteiger partial charge >= 0.3 is 0 Å². The molecule has 2 aromatic rings. The van der Waals surface area contributed by atoms with Crippen LogP contribution in [0.5, 0.6) is 0 Å². The number of nitrogens with two attached hydrogens (primary N) is 1. The number of aromatic carboxylic acids is 1. The summed E-state index contributed by atoms with van der Waals surface area (Å²) < 4.78 is 0. The third-order valence-electron chi connectivity index (χ3n) is 2.91. The lowest BCUT2D eigenvalue weighted by atomic mass is 9.98. The number of carbonyl (C=O) groups excluding carboxylic acids is 1. The Morgan fingerprint density at radius 3 is 2.39 bits per heavy atom. The number of hydrogen-bond acceptors (Lipinski definition) is 3. The lowest BCUT2D eigenvalue weighted by Crippen LogP contribution is -2.25. The van der Waals surface area contributed by atoms with Crippen LogP contribution >= 0.6 is 0 Å². The van der Waals surface area contributed by atoms with Gasteiger partial charge in [0.25, 0.3) is 0 Å². The highest BCUT2D eigenvalue weighted by Gasteiger charge is 2.07. The van der Waals surface area contributed by atoms with E-state index >= 15 is 0 Å². The number of anilines is 1. The molecule has 0 aliphatic carbocycles. The Labute approximate surface area is 106 Å². The van der Waals surface area contributed by atoms with E-state index in [1.165, 1.54) is 5.56 Å². The first kappa shape index (κ1) is 12.2. The minimum Gasteiger partial charge on any atom is -0.545 e. The molecule has 0 radical (unpaired) electrons. The molecule has 0 atom stereocenters. The van der Waals surface area contributed by atoms with Gasteiger partial charge in [-0.3, -0.25) is 0 Å². The van der Waals surface area contributed by atoms with Crippen molar-refractivity contribution in [1.82, 2.24) is 0 Å². The maximum Gasteiger partial charge on any atom is 0.0738 e. The van der Waals surface area contributed by atoms with Crippen LogP contribution in [0, 0.1) is 0 Å². The van der Waals surface area contributed by atoms with Gasteiger partial charge in [0.2, 0.25) is 0 Å². The second-order valence-corrected chi connectivity index (χ2v) is 4.15. The monoisotopic (exact) mass is 240 g/mol. The maximum absolute atomic E-state index is 11.1. The van der Waals surface area contributed by atoms with E-state index in [2.05, 4.69) is 0 Å². The summed E-state index contributed by atoms with van der Waals surface area (Å²) in [6.45, 7) is 0. The van der Waals surface area contributed by atoms with Gasteiger partial charge in [0.1, 0.15) is 0 Å². The molecule has 18 heavy (non-hydrogen) atoms. The summed E-state index contributed by atoms with van der Waals surface area (Å²) in [6.07, 6.45) is 1.42. The van der Waals surface area contributed by atoms with Crippen molar-refractivity contribution in [2.75, 3.05) is 5.73 Å². The summed E-state index contributed by atoms with van der Waals surface area (Å²) in [5.74, 6) is -1.21. The van der Waals surface area contributed by atoms with E-state index in [-0.39, 0.29) is 11.3 Å². The number of rotatable bonds is 4. The molecular weight excluding hydrogens is 226 g/mol. The zero-order chi connectivity index (χ0) is 13.0. The molecule has 3 heteroatoms. The van der Waals surface area contributed by atoms with Crippen molar-refractivity contribution in [3.63, 3.8) is 0 Å². The van der Waals surface area contributed by atoms with Gasteiger partial charge in [-0.25, -0.2) is 0 Å². The van der Waals surface area contributed by atoms with Crippen LogP contribution in [-0.2, 0) is 12.8 Å². The molecule has 92 valence electrons. The van der Waals surface area contributed by atoms with Crippen LogP contribution in [0.25, 0.3) is 0 Å². The lowest BCUT2D eigenvalue weighted by Gasteiger charge is -2.13. The fourth-order valence-electron chi connectivity index (χ4n) is 2.00. The number of nitrogen functional groups attached to an aromatic ring is 1. The Kier molecular flexibility index (Phi) is 3.63. The summed E-state index contributed by atoms with van der Waals surface area (Å²) in [6, 6.07) is 15.1. The Bertz CT molecular complexity index is 550. The smallest absolute Gasteiger partial charge is 0.0738 e. The van der Waals surface area contributed by atoms with E-state index in [1.54, 1.807) is 18.2 Å². The quantitative estimate of drug-likeness (QED) is 0.822. The summed E-state index contributed by atoms with van der Waals surface area (Å²) >= 11 is 0. The molecule has 0 heterocycles. The number of benzene rings is 2. The van der Waals surface area contributed by atoms with E-state index in [1.807, 2.05) is 30.3 Å². The number of aryl methyl sites for hydroxylation is 2. The predicted octanol–water partition coefficient (Wildman–Crippen LogP) is 1.42. The van der Waals surface area contributed by atoms with Gasteiger partial charge < -0.3 is 15.6 Å². The zero-order valence-corrected chi connectivity index (χ0v) is 9.93. The van der Waals surface area contributed by atoms with Crippen LogP contribution in [0.2, 0.25) is 0 Å². The van der Waals surface area contributed by atoms with Gasteiger partial charge in [-0.1, -0.05) is 42.5 Å². The number of carbonyl (C=O) groups is 1.